The van der Waals surface area contributed by atoms with E-state index in [1.165, 1.54) is 0 Å². The van der Waals surface area contributed by atoms with Gasteiger partial charge in [-0.15, -0.1) is 0 Å². The van der Waals surface area contributed by atoms with Crippen molar-refractivity contribution in [2.75, 3.05) is 13.2 Å². The maximum absolute atomic E-state index is 13.0. The topological polar surface area (TPSA) is 52.6 Å². The Morgan fingerprint density at radius 2 is 1.70 bits per heavy atom. The predicted molar refractivity (Wildman–Crippen MR) is 65.5 cm³/mol. The van der Waals surface area contributed by atoms with Gasteiger partial charge in [-0.2, -0.15) is 13.2 Å². The quantitative estimate of drug-likeness (QED) is 0.782. The molecule has 20 heavy (non-hydrogen) atoms. The van der Waals surface area contributed by atoms with Crippen molar-refractivity contribution >= 4 is 19.7 Å². The maximum atomic E-state index is 13.0. The first kappa shape index (κ1) is 15.2. The van der Waals surface area contributed by atoms with Gasteiger partial charge < -0.3 is 9.47 Å². The van der Waals surface area contributed by atoms with E-state index in [9.17, 15) is 21.6 Å². The molecule has 1 aromatic carbocycles. The highest BCUT2D eigenvalue weighted by atomic mass is 35.7. The SMILES string of the molecule is O=S(=O)(Cl)Cc1cc2c(cc1C(F)(F)F)OCCCO2. The van der Waals surface area contributed by atoms with Gasteiger partial charge in [0.25, 0.3) is 0 Å². The molecule has 0 spiro atoms. The molecule has 1 aliphatic rings. The summed E-state index contributed by atoms with van der Waals surface area (Å²) in [5, 5.41) is 0. The van der Waals surface area contributed by atoms with Crippen molar-refractivity contribution in [1.82, 2.24) is 0 Å². The number of hydrogen-bond donors (Lipinski definition) is 0. The normalized spacial score (nSPS) is 15.8. The minimum absolute atomic E-state index is 0.0504. The molecule has 0 aromatic heterocycles. The fraction of sp³-hybridized carbons (Fsp3) is 0.455. The highest BCUT2D eigenvalue weighted by molar-refractivity contribution is 8.13. The van der Waals surface area contributed by atoms with E-state index in [1.807, 2.05) is 0 Å². The lowest BCUT2D eigenvalue weighted by molar-refractivity contribution is -0.138. The van der Waals surface area contributed by atoms with Crippen molar-refractivity contribution in [1.29, 1.82) is 0 Å². The van der Waals surface area contributed by atoms with Crippen LogP contribution in [0.3, 0.4) is 0 Å². The first-order valence-electron chi connectivity index (χ1n) is 5.59. The highest BCUT2D eigenvalue weighted by Crippen LogP contribution is 2.40. The Morgan fingerprint density at radius 1 is 1.15 bits per heavy atom. The summed E-state index contributed by atoms with van der Waals surface area (Å²) in [6, 6.07) is 1.77. The molecule has 0 fully saturated rings. The molecule has 0 aliphatic carbocycles. The van der Waals surface area contributed by atoms with Crippen molar-refractivity contribution in [3.63, 3.8) is 0 Å². The van der Waals surface area contributed by atoms with Gasteiger partial charge in [0.1, 0.15) is 0 Å². The third-order valence-corrected chi connectivity index (χ3v) is 3.59. The van der Waals surface area contributed by atoms with Crippen LogP contribution in [0.4, 0.5) is 13.2 Å². The first-order chi connectivity index (χ1) is 9.17. The fourth-order valence-electron chi connectivity index (χ4n) is 1.82. The Labute approximate surface area is 117 Å². The van der Waals surface area contributed by atoms with Gasteiger partial charge in [0, 0.05) is 17.1 Å². The third-order valence-electron chi connectivity index (χ3n) is 2.61. The molecule has 4 nitrogen and oxygen atoms in total. The maximum Gasteiger partial charge on any atom is 0.416 e. The number of fused-ring (bicyclic) bond motifs is 1. The van der Waals surface area contributed by atoms with Gasteiger partial charge in [0.15, 0.2) is 11.5 Å². The molecule has 0 saturated carbocycles. The van der Waals surface area contributed by atoms with E-state index in [2.05, 4.69) is 0 Å². The summed E-state index contributed by atoms with van der Waals surface area (Å²) in [5.74, 6) is -0.892. The lowest BCUT2D eigenvalue weighted by Crippen LogP contribution is -2.12. The minimum atomic E-state index is -4.71. The summed E-state index contributed by atoms with van der Waals surface area (Å²) < 4.78 is 71.4. The zero-order valence-electron chi connectivity index (χ0n) is 10.0. The third kappa shape index (κ3) is 3.69. The number of hydrogen-bond acceptors (Lipinski definition) is 4. The average Bonchev–Trinajstić information content (AvgIpc) is 2.48. The van der Waals surface area contributed by atoms with Crippen LogP contribution in [-0.2, 0) is 21.0 Å². The van der Waals surface area contributed by atoms with Crippen molar-refractivity contribution in [3.05, 3.63) is 23.3 Å². The van der Waals surface area contributed by atoms with Gasteiger partial charge in [-0.3, -0.25) is 0 Å². The van der Waals surface area contributed by atoms with Crippen LogP contribution in [0.5, 0.6) is 11.5 Å². The van der Waals surface area contributed by atoms with E-state index >= 15 is 0 Å². The van der Waals surface area contributed by atoms with Gasteiger partial charge in [-0.25, -0.2) is 8.42 Å². The highest BCUT2D eigenvalue weighted by Gasteiger charge is 2.36. The smallest absolute Gasteiger partial charge is 0.416 e. The fourth-order valence-corrected chi connectivity index (χ4v) is 2.78. The largest absolute Gasteiger partial charge is 0.490 e. The van der Waals surface area contributed by atoms with Crippen LogP contribution in [0.1, 0.15) is 17.5 Å². The van der Waals surface area contributed by atoms with E-state index in [0.717, 1.165) is 12.1 Å². The molecular formula is C11H10ClF3O4S. The number of benzene rings is 1. The summed E-state index contributed by atoms with van der Waals surface area (Å²) in [6.07, 6.45) is -4.18. The molecule has 112 valence electrons. The molecule has 1 heterocycles. The second kappa shape index (κ2) is 5.33. The van der Waals surface area contributed by atoms with Crippen LogP contribution in [-0.4, -0.2) is 21.6 Å². The first-order valence-corrected chi connectivity index (χ1v) is 8.07. The Morgan fingerprint density at radius 3 is 2.20 bits per heavy atom. The van der Waals surface area contributed by atoms with E-state index in [1.54, 1.807) is 0 Å². The standard InChI is InChI=1S/C11H10ClF3O4S/c12-20(16,17)6-7-4-9-10(19-3-1-2-18-9)5-8(7)11(13,14)15/h4-5H,1-3,6H2. The van der Waals surface area contributed by atoms with E-state index in [4.69, 9.17) is 20.2 Å². The van der Waals surface area contributed by atoms with Crippen molar-refractivity contribution in [2.24, 2.45) is 0 Å². The molecular weight excluding hydrogens is 321 g/mol. The molecule has 0 amide bonds. The monoisotopic (exact) mass is 330 g/mol. The van der Waals surface area contributed by atoms with Crippen molar-refractivity contribution < 1.29 is 31.1 Å². The van der Waals surface area contributed by atoms with Gasteiger partial charge >= 0.3 is 6.18 Å². The van der Waals surface area contributed by atoms with E-state index < -0.39 is 32.1 Å². The molecule has 2 rings (SSSR count). The molecule has 0 bridgehead atoms. The van der Waals surface area contributed by atoms with Crippen LogP contribution >= 0.6 is 10.7 Å². The second-order valence-electron chi connectivity index (χ2n) is 4.19. The summed E-state index contributed by atoms with van der Waals surface area (Å²) in [6.45, 7) is 0.517. The van der Waals surface area contributed by atoms with Crippen LogP contribution in [0, 0.1) is 0 Å². The summed E-state index contributed by atoms with van der Waals surface area (Å²) in [5.41, 5.74) is -1.55. The van der Waals surface area contributed by atoms with Crippen LogP contribution in [0.2, 0.25) is 0 Å². The van der Waals surface area contributed by atoms with Crippen molar-refractivity contribution in [2.45, 2.75) is 18.3 Å². The van der Waals surface area contributed by atoms with E-state index in [-0.39, 0.29) is 24.7 Å². The lowest BCUT2D eigenvalue weighted by atomic mass is 10.1. The molecule has 1 aliphatic heterocycles. The zero-order chi connectivity index (χ0) is 15.0. The van der Waals surface area contributed by atoms with Crippen LogP contribution in [0.15, 0.2) is 12.1 Å². The van der Waals surface area contributed by atoms with Gasteiger partial charge in [-0.05, 0) is 17.7 Å². The number of alkyl halides is 3. The van der Waals surface area contributed by atoms with Gasteiger partial charge in [-0.1, -0.05) is 0 Å². The van der Waals surface area contributed by atoms with Gasteiger partial charge in [0.2, 0.25) is 9.05 Å². The average molecular weight is 331 g/mol. The Kier molecular flexibility index (Phi) is 4.06. The number of ether oxygens (including phenoxy) is 2. The van der Waals surface area contributed by atoms with Crippen molar-refractivity contribution in [3.8, 4) is 11.5 Å². The zero-order valence-corrected chi connectivity index (χ0v) is 11.6. The molecule has 1 aromatic rings. The molecule has 9 heteroatoms. The predicted octanol–water partition coefficient (Wildman–Crippen LogP) is 2.94. The molecule has 0 unspecified atom stereocenters. The van der Waals surface area contributed by atoms with Crippen LogP contribution in [0.25, 0.3) is 0 Å². The molecule has 0 N–H and O–H groups in total. The van der Waals surface area contributed by atoms with Crippen LogP contribution < -0.4 is 9.47 Å². The Bertz CT molecular complexity index is 613. The molecule has 0 radical (unpaired) electrons. The van der Waals surface area contributed by atoms with Gasteiger partial charge in [0.05, 0.1) is 24.5 Å². The Balaban J connectivity index is 2.55. The second-order valence-corrected chi connectivity index (χ2v) is 6.96. The Hall–Kier alpha value is -1.15. The lowest BCUT2D eigenvalue weighted by Gasteiger charge is -2.16. The molecule has 0 saturated heterocycles. The summed E-state index contributed by atoms with van der Waals surface area (Å²) >= 11 is 0. The number of halogens is 4. The number of rotatable bonds is 2. The minimum Gasteiger partial charge on any atom is -0.490 e. The summed E-state index contributed by atoms with van der Waals surface area (Å²) in [7, 11) is 0.918. The molecule has 0 atom stereocenters. The summed E-state index contributed by atoms with van der Waals surface area (Å²) in [4.78, 5) is 0. The van der Waals surface area contributed by atoms with E-state index in [0.29, 0.717) is 6.42 Å².